The first-order valence-corrected chi connectivity index (χ1v) is 8.07. The largest absolute Gasteiger partial charge is 0.394 e. The van der Waals surface area contributed by atoms with Gasteiger partial charge in [-0.1, -0.05) is 0 Å². The van der Waals surface area contributed by atoms with Crippen LogP contribution in [-0.4, -0.2) is 26.5 Å². The van der Waals surface area contributed by atoms with E-state index in [2.05, 4.69) is 16.2 Å². The number of aliphatic hydroxyl groups excluding tert-OH is 1. The Morgan fingerprint density at radius 2 is 1.96 bits per heavy atom. The summed E-state index contributed by atoms with van der Waals surface area (Å²) >= 11 is 0. The van der Waals surface area contributed by atoms with Crippen molar-refractivity contribution in [1.82, 2.24) is 14.8 Å². The summed E-state index contributed by atoms with van der Waals surface area (Å²) in [6.07, 6.45) is 1.78. The number of aryl methyl sites for hydroxylation is 1. The van der Waals surface area contributed by atoms with Gasteiger partial charge in [-0.2, -0.15) is 10.4 Å². The smallest absolute Gasteiger partial charge is 0.142 e. The molecular formula is C19H18FN5O. The number of nitrogen functional groups attached to an aromatic ring is 1. The predicted molar refractivity (Wildman–Crippen MR) is 96.5 cm³/mol. The molecule has 6 nitrogen and oxygen atoms in total. The zero-order valence-electron chi connectivity index (χ0n) is 14.5. The first-order valence-electron chi connectivity index (χ1n) is 8.07. The van der Waals surface area contributed by atoms with Gasteiger partial charge in [0.1, 0.15) is 23.3 Å². The molecule has 0 radical (unpaired) electrons. The number of anilines is 1. The van der Waals surface area contributed by atoms with E-state index in [0.717, 1.165) is 11.1 Å². The summed E-state index contributed by atoms with van der Waals surface area (Å²) in [4.78, 5) is 4.37. The maximum absolute atomic E-state index is 13.3. The number of rotatable bonds is 4. The van der Waals surface area contributed by atoms with Gasteiger partial charge < -0.3 is 10.8 Å². The van der Waals surface area contributed by atoms with E-state index in [1.54, 1.807) is 23.0 Å². The van der Waals surface area contributed by atoms with Gasteiger partial charge in [0.2, 0.25) is 0 Å². The molecule has 3 N–H and O–H groups in total. The van der Waals surface area contributed by atoms with Gasteiger partial charge in [-0.05, 0) is 43.7 Å². The second-order valence-corrected chi connectivity index (χ2v) is 5.95. The fourth-order valence-corrected chi connectivity index (χ4v) is 3.01. The molecule has 0 bridgehead atoms. The zero-order valence-corrected chi connectivity index (χ0v) is 14.5. The predicted octanol–water partition coefficient (Wildman–Crippen LogP) is 2.81. The average Bonchev–Trinajstić information content (AvgIpc) is 2.97. The number of nitriles is 1. The highest BCUT2D eigenvalue weighted by Crippen LogP contribution is 2.36. The van der Waals surface area contributed by atoms with Crippen LogP contribution in [0.5, 0.6) is 0 Å². The summed E-state index contributed by atoms with van der Waals surface area (Å²) in [5.41, 5.74) is 10.5. The van der Waals surface area contributed by atoms with Crippen LogP contribution in [0.4, 0.5) is 10.2 Å². The summed E-state index contributed by atoms with van der Waals surface area (Å²) in [6, 6.07) is 8.09. The molecule has 1 aromatic carbocycles. The lowest BCUT2D eigenvalue weighted by molar-refractivity contribution is 0.269. The fourth-order valence-electron chi connectivity index (χ4n) is 3.01. The van der Waals surface area contributed by atoms with Crippen LogP contribution in [0.15, 0.2) is 30.5 Å². The van der Waals surface area contributed by atoms with E-state index in [1.165, 1.54) is 12.1 Å². The topological polar surface area (TPSA) is 101 Å². The molecule has 0 saturated carbocycles. The van der Waals surface area contributed by atoms with Crippen LogP contribution in [-0.2, 0) is 6.54 Å². The van der Waals surface area contributed by atoms with Crippen molar-refractivity contribution < 1.29 is 9.50 Å². The normalized spacial score (nSPS) is 10.7. The third-order valence-electron chi connectivity index (χ3n) is 4.24. The highest BCUT2D eigenvalue weighted by molar-refractivity contribution is 5.84. The Morgan fingerprint density at radius 1 is 1.27 bits per heavy atom. The van der Waals surface area contributed by atoms with Crippen LogP contribution in [0.1, 0.15) is 16.8 Å². The number of benzene rings is 1. The minimum atomic E-state index is -0.339. The van der Waals surface area contributed by atoms with Gasteiger partial charge in [0.15, 0.2) is 0 Å². The van der Waals surface area contributed by atoms with Gasteiger partial charge >= 0.3 is 0 Å². The lowest BCUT2D eigenvalue weighted by atomic mass is 9.93. The molecule has 132 valence electrons. The molecule has 0 atom stereocenters. The highest BCUT2D eigenvalue weighted by atomic mass is 19.1. The Balaban J connectivity index is 2.27. The number of aromatic nitrogens is 3. The first-order chi connectivity index (χ1) is 12.5. The summed E-state index contributed by atoms with van der Waals surface area (Å²) < 4.78 is 14.9. The monoisotopic (exact) mass is 351 g/mol. The van der Waals surface area contributed by atoms with Gasteiger partial charge in [-0.15, -0.1) is 0 Å². The molecule has 3 rings (SSSR count). The molecular weight excluding hydrogens is 333 g/mol. The van der Waals surface area contributed by atoms with Crippen molar-refractivity contribution in [2.24, 2.45) is 0 Å². The fraction of sp³-hybridized carbons (Fsp3) is 0.211. The molecule has 0 amide bonds. The number of pyridine rings is 1. The SMILES string of the molecule is Cc1nn(CCO)cc1-c1c(C)c(-c2ccc(F)cc2)nc(N)c1C#N. The second kappa shape index (κ2) is 6.94. The Hall–Kier alpha value is -3.24. The van der Waals surface area contributed by atoms with Gasteiger partial charge in [0.05, 0.1) is 24.5 Å². The van der Waals surface area contributed by atoms with E-state index in [0.29, 0.717) is 29.1 Å². The van der Waals surface area contributed by atoms with E-state index >= 15 is 0 Å². The molecule has 7 heteroatoms. The minimum Gasteiger partial charge on any atom is -0.394 e. The van der Waals surface area contributed by atoms with Crippen molar-refractivity contribution in [2.45, 2.75) is 20.4 Å². The maximum atomic E-state index is 13.3. The third kappa shape index (κ3) is 3.03. The van der Waals surface area contributed by atoms with Gasteiger partial charge in [-0.3, -0.25) is 4.68 Å². The molecule has 2 heterocycles. The summed E-state index contributed by atoms with van der Waals surface area (Å²) in [7, 11) is 0. The molecule has 0 unspecified atom stereocenters. The summed E-state index contributed by atoms with van der Waals surface area (Å²) in [5, 5.41) is 23.1. The van der Waals surface area contributed by atoms with Crippen molar-refractivity contribution >= 4 is 5.82 Å². The highest BCUT2D eigenvalue weighted by Gasteiger charge is 2.21. The average molecular weight is 351 g/mol. The minimum absolute atomic E-state index is 0.0377. The Kier molecular flexibility index (Phi) is 4.69. The van der Waals surface area contributed by atoms with E-state index in [1.807, 2.05) is 13.8 Å². The standard InChI is InChI=1S/C19H18FN5O/c1-11-17(16-10-25(7-8-26)24-12(16)2)15(9-21)19(22)23-18(11)13-3-5-14(20)6-4-13/h3-6,10,26H,7-8H2,1-2H3,(H2,22,23). The molecule has 26 heavy (non-hydrogen) atoms. The molecule has 3 aromatic rings. The number of aliphatic hydroxyl groups is 1. The molecule has 0 saturated heterocycles. The van der Waals surface area contributed by atoms with Crippen molar-refractivity contribution in [3.8, 4) is 28.5 Å². The number of hydrogen-bond acceptors (Lipinski definition) is 5. The van der Waals surface area contributed by atoms with Crippen LogP contribution in [0.2, 0.25) is 0 Å². The van der Waals surface area contributed by atoms with Gasteiger partial charge in [0.25, 0.3) is 0 Å². The molecule has 0 fully saturated rings. The van der Waals surface area contributed by atoms with Gasteiger partial charge in [-0.25, -0.2) is 9.37 Å². The molecule has 0 aliphatic rings. The summed E-state index contributed by atoms with van der Waals surface area (Å²) in [5.74, 6) is -0.226. The molecule has 2 aromatic heterocycles. The van der Waals surface area contributed by atoms with Crippen LogP contribution >= 0.6 is 0 Å². The number of hydrogen-bond donors (Lipinski definition) is 2. The Bertz CT molecular complexity index is 1000. The lowest BCUT2D eigenvalue weighted by Crippen LogP contribution is -2.03. The molecule has 0 spiro atoms. The van der Waals surface area contributed by atoms with Crippen LogP contribution < -0.4 is 5.73 Å². The van der Waals surface area contributed by atoms with Crippen molar-refractivity contribution in [3.05, 3.63) is 53.1 Å². The van der Waals surface area contributed by atoms with Crippen molar-refractivity contribution in [1.29, 1.82) is 5.26 Å². The maximum Gasteiger partial charge on any atom is 0.142 e. The first kappa shape index (κ1) is 17.6. The van der Waals surface area contributed by atoms with Crippen LogP contribution in [0.3, 0.4) is 0 Å². The van der Waals surface area contributed by atoms with E-state index in [-0.39, 0.29) is 23.8 Å². The van der Waals surface area contributed by atoms with Crippen molar-refractivity contribution in [3.63, 3.8) is 0 Å². The third-order valence-corrected chi connectivity index (χ3v) is 4.24. The molecule has 0 aliphatic carbocycles. The van der Waals surface area contributed by atoms with Crippen molar-refractivity contribution in [2.75, 3.05) is 12.3 Å². The van der Waals surface area contributed by atoms with E-state index in [9.17, 15) is 9.65 Å². The zero-order chi connectivity index (χ0) is 18.8. The van der Waals surface area contributed by atoms with E-state index < -0.39 is 0 Å². The second-order valence-electron chi connectivity index (χ2n) is 5.95. The lowest BCUT2D eigenvalue weighted by Gasteiger charge is -2.14. The van der Waals surface area contributed by atoms with Crippen LogP contribution in [0.25, 0.3) is 22.4 Å². The van der Waals surface area contributed by atoms with Crippen LogP contribution in [0, 0.1) is 31.0 Å². The van der Waals surface area contributed by atoms with E-state index in [4.69, 9.17) is 10.8 Å². The summed E-state index contributed by atoms with van der Waals surface area (Å²) in [6.45, 7) is 4.00. The number of halogens is 1. The molecule has 0 aliphatic heterocycles. The Morgan fingerprint density at radius 3 is 2.58 bits per heavy atom. The number of nitrogens with zero attached hydrogens (tertiary/aromatic N) is 4. The van der Waals surface area contributed by atoms with Gasteiger partial charge in [0, 0.05) is 22.9 Å². The Labute approximate surface area is 150 Å². The quantitative estimate of drug-likeness (QED) is 0.753. The number of nitrogens with two attached hydrogens (primary N) is 1.